The predicted molar refractivity (Wildman–Crippen MR) is 240 cm³/mol. The van der Waals surface area contributed by atoms with Crippen LogP contribution in [0.2, 0.25) is 16.6 Å². The third-order valence-corrected chi connectivity index (χ3v) is 19.6. The number of phenols is 1. The first-order chi connectivity index (χ1) is 30.2. The summed E-state index contributed by atoms with van der Waals surface area (Å²) in [6.45, 7) is 14.8. The summed E-state index contributed by atoms with van der Waals surface area (Å²) >= 11 is 0. The Labute approximate surface area is 367 Å². The molecular weight excluding hydrogens is 826 g/mol. The van der Waals surface area contributed by atoms with E-state index in [1.165, 1.54) is 35.5 Å². The molecule has 0 radical (unpaired) electrons. The second kappa shape index (κ2) is 18.0. The van der Waals surface area contributed by atoms with Crippen LogP contribution in [0.15, 0.2) is 60.8 Å². The van der Waals surface area contributed by atoms with Crippen LogP contribution in [-0.2, 0) is 16.1 Å². The fourth-order valence-corrected chi connectivity index (χ4v) is 15.5. The summed E-state index contributed by atoms with van der Waals surface area (Å²) in [7, 11) is -2.35. The van der Waals surface area contributed by atoms with E-state index in [1.807, 2.05) is 30.3 Å². The zero-order chi connectivity index (χ0) is 44.6. The minimum absolute atomic E-state index is 0.0118. The van der Waals surface area contributed by atoms with E-state index in [0.717, 1.165) is 24.9 Å². The summed E-state index contributed by atoms with van der Waals surface area (Å²) in [4.78, 5) is 30.0. The van der Waals surface area contributed by atoms with Gasteiger partial charge >= 0.3 is 12.1 Å². The molecule has 11 nitrogen and oxygen atoms in total. The number of pyridine rings is 1. The Morgan fingerprint density at radius 1 is 1.00 bits per heavy atom. The number of benzene rings is 3. The molecule has 63 heavy (non-hydrogen) atoms. The van der Waals surface area contributed by atoms with Gasteiger partial charge in [0.25, 0.3) is 0 Å². The van der Waals surface area contributed by atoms with Crippen molar-refractivity contribution in [2.45, 2.75) is 95.7 Å². The largest absolute Gasteiger partial charge is 0.508 e. The average Bonchev–Trinajstić information content (AvgIpc) is 3.66. The summed E-state index contributed by atoms with van der Waals surface area (Å²) in [5.41, 5.74) is 4.48. The molecule has 1 N–H and O–H groups in total. The highest BCUT2D eigenvalue weighted by molar-refractivity contribution is 6.90. The smallest absolute Gasteiger partial charge is 0.429 e. The number of amides is 1. The van der Waals surface area contributed by atoms with Gasteiger partial charge in [-0.1, -0.05) is 83.9 Å². The molecule has 0 unspecified atom stereocenters. The van der Waals surface area contributed by atoms with E-state index < -0.39 is 37.5 Å². The Morgan fingerprint density at radius 2 is 1.75 bits per heavy atom. The number of aromatic hydroxyl groups is 1. The number of rotatable bonds is 10. The van der Waals surface area contributed by atoms with Crippen LogP contribution in [0.5, 0.6) is 11.8 Å². The van der Waals surface area contributed by atoms with E-state index in [2.05, 4.69) is 67.9 Å². The van der Waals surface area contributed by atoms with Gasteiger partial charge in [-0.3, -0.25) is 14.9 Å². The molecule has 8 rings (SSSR count). The lowest BCUT2D eigenvalue weighted by molar-refractivity contribution is 0.0874. The number of hydrogen-bond acceptors (Lipinski definition) is 10. The molecule has 0 aliphatic carbocycles. The topological polar surface area (TPSA) is 113 Å². The molecule has 2 aromatic heterocycles. The van der Waals surface area contributed by atoms with Crippen LogP contribution in [0.3, 0.4) is 0 Å². The number of aromatic nitrogens is 3. The van der Waals surface area contributed by atoms with Crippen LogP contribution in [-0.4, -0.2) is 102 Å². The highest BCUT2D eigenvalue weighted by atomic mass is 28.3. The maximum Gasteiger partial charge on any atom is 0.429 e. The molecule has 5 aromatic rings. The summed E-state index contributed by atoms with van der Waals surface area (Å²) in [5, 5.41) is 14.9. The van der Waals surface area contributed by atoms with Crippen LogP contribution in [0, 0.1) is 23.1 Å². The van der Waals surface area contributed by atoms with Gasteiger partial charge in [-0.2, -0.15) is 9.97 Å². The molecule has 1 amide bonds. The molecule has 332 valence electrons. The van der Waals surface area contributed by atoms with Crippen LogP contribution in [0.1, 0.15) is 71.9 Å². The monoisotopic (exact) mass is 880 g/mol. The maximum absolute atomic E-state index is 17.7. The normalized spacial score (nSPS) is 19.5. The summed E-state index contributed by atoms with van der Waals surface area (Å²) in [6, 6.07) is 14.8. The molecule has 15 heteroatoms. The Hall–Kier alpha value is -5.43. The number of carbonyl (C=O) groups excluding carboxylic acids is 1. The van der Waals surface area contributed by atoms with Crippen LogP contribution in [0.4, 0.5) is 23.8 Å². The molecule has 2 atom stereocenters. The van der Waals surface area contributed by atoms with Crippen molar-refractivity contribution in [3.8, 4) is 34.5 Å². The van der Waals surface area contributed by atoms with Gasteiger partial charge in [0.15, 0.2) is 11.6 Å². The molecule has 0 bridgehead atoms. The molecule has 5 heterocycles. The number of hydrogen-bond donors (Lipinski definition) is 1. The lowest BCUT2D eigenvalue weighted by Crippen LogP contribution is -2.48. The quantitative estimate of drug-likeness (QED) is 0.108. The van der Waals surface area contributed by atoms with E-state index in [9.17, 15) is 14.3 Å². The standard InChI is InChI=1S/C48H55F3N6O5Si/c1-30(2)63(31(3)4,32(5)6)22-15-37-40(50)14-13-34-23-36(58)24-38(41(34)37)43-42(51)44-39(26-52-43)45(54-46(53-44)62-29-48-16-10-17-55(48)27-35(49)25-48)56-18-20-60-21-19-57(56)47(59)61-28-33-11-8-7-9-12-33/h7-9,11-14,23-24,26,30-32,35,58H,10,16-21,25,27-29H2,1-6H3/t35-,48+/m1/s1. The van der Waals surface area contributed by atoms with Gasteiger partial charge in [0.1, 0.15) is 50.2 Å². The minimum atomic E-state index is -2.35. The van der Waals surface area contributed by atoms with E-state index in [-0.39, 0.29) is 101 Å². The zero-order valence-electron chi connectivity index (χ0n) is 36.8. The van der Waals surface area contributed by atoms with Crippen molar-refractivity contribution in [2.75, 3.05) is 51.0 Å². The van der Waals surface area contributed by atoms with Crippen molar-refractivity contribution in [1.82, 2.24) is 24.9 Å². The number of carbonyl (C=O) groups is 1. The van der Waals surface area contributed by atoms with Gasteiger partial charge in [-0.05, 0) is 65.2 Å². The summed E-state index contributed by atoms with van der Waals surface area (Å²) < 4.78 is 66.6. The molecule has 0 saturated carbocycles. The highest BCUT2D eigenvalue weighted by Crippen LogP contribution is 2.44. The molecular formula is C48H55F3N6O5Si. The lowest BCUT2D eigenvalue weighted by atomic mass is 9.95. The Kier molecular flexibility index (Phi) is 12.6. The van der Waals surface area contributed by atoms with Crippen molar-refractivity contribution in [3.63, 3.8) is 0 Å². The number of fused-ring (bicyclic) bond motifs is 3. The first-order valence-corrected chi connectivity index (χ1v) is 24.2. The number of phenolic OH excluding ortho intramolecular Hbond substituents is 1. The van der Waals surface area contributed by atoms with Crippen molar-refractivity contribution in [2.24, 2.45) is 0 Å². The van der Waals surface area contributed by atoms with Gasteiger partial charge in [-0.25, -0.2) is 23.0 Å². The van der Waals surface area contributed by atoms with Gasteiger partial charge in [0.2, 0.25) is 0 Å². The predicted octanol–water partition coefficient (Wildman–Crippen LogP) is 9.74. The fraction of sp³-hybridized carbons (Fsp3) is 0.458. The van der Waals surface area contributed by atoms with E-state index in [0.29, 0.717) is 23.7 Å². The van der Waals surface area contributed by atoms with E-state index >= 15 is 8.78 Å². The second-order valence-electron chi connectivity index (χ2n) is 17.9. The van der Waals surface area contributed by atoms with E-state index in [1.54, 1.807) is 5.01 Å². The van der Waals surface area contributed by atoms with Crippen molar-refractivity contribution in [3.05, 3.63) is 83.6 Å². The third kappa shape index (κ3) is 8.40. The van der Waals surface area contributed by atoms with Crippen LogP contribution in [0.25, 0.3) is 32.9 Å². The lowest BCUT2D eigenvalue weighted by Gasteiger charge is -2.38. The van der Waals surface area contributed by atoms with Crippen LogP contribution >= 0.6 is 0 Å². The van der Waals surface area contributed by atoms with Gasteiger partial charge in [0.05, 0.1) is 42.8 Å². The highest BCUT2D eigenvalue weighted by Gasteiger charge is 2.49. The molecule has 3 saturated heterocycles. The molecule has 3 aliphatic heterocycles. The van der Waals surface area contributed by atoms with E-state index in [4.69, 9.17) is 19.2 Å². The number of anilines is 1. The first-order valence-electron chi connectivity index (χ1n) is 21.9. The fourth-order valence-electron chi connectivity index (χ4n) is 10.3. The molecule has 3 fully saturated rings. The third-order valence-electron chi connectivity index (χ3n) is 13.3. The number of hydrazine groups is 1. The minimum Gasteiger partial charge on any atom is -0.508 e. The second-order valence-corrected chi connectivity index (χ2v) is 23.5. The Balaban J connectivity index is 1.29. The summed E-state index contributed by atoms with van der Waals surface area (Å²) in [5.74, 6) is 1.73. The summed E-state index contributed by atoms with van der Waals surface area (Å²) in [6.07, 6.45) is 1.63. The molecule has 3 aromatic carbocycles. The SMILES string of the molecule is CC(C)[Si](C#Cc1c(F)ccc2cc(O)cc(-c3ncc4c(N5CCOCCN5C(=O)OCc5ccccc5)nc(OC[C@@]56CCCN5C[C@H](F)C6)nc4c3F)c12)(C(C)C)C(C)C. The zero-order valence-corrected chi connectivity index (χ0v) is 37.8. The average molecular weight is 881 g/mol. The number of nitrogens with zero attached hydrogens (tertiary/aromatic N) is 6. The van der Waals surface area contributed by atoms with Gasteiger partial charge in [-0.15, -0.1) is 5.54 Å². The Morgan fingerprint density at radius 3 is 2.49 bits per heavy atom. The van der Waals surface area contributed by atoms with Crippen molar-refractivity contribution in [1.29, 1.82) is 0 Å². The number of alkyl halides is 1. The Bertz CT molecular complexity index is 2550. The number of halogens is 3. The number of ether oxygens (including phenoxy) is 3. The van der Waals surface area contributed by atoms with Crippen molar-refractivity contribution >= 4 is 41.7 Å². The van der Waals surface area contributed by atoms with Crippen LogP contribution < -0.4 is 9.75 Å². The maximum atomic E-state index is 17.7. The first kappa shape index (κ1) is 44.2. The van der Waals surface area contributed by atoms with Gasteiger partial charge in [0, 0.05) is 30.1 Å². The van der Waals surface area contributed by atoms with Crippen molar-refractivity contribution < 1.29 is 37.3 Å². The molecule has 0 spiro atoms. The van der Waals surface area contributed by atoms with Gasteiger partial charge < -0.3 is 19.3 Å². The molecule has 3 aliphatic rings.